The van der Waals surface area contributed by atoms with E-state index < -0.39 is 5.60 Å². The molecule has 104 valence electrons. The standard InChI is InChI=1S/C15H20O4/c1-17-13-4-2-3-12(15(16)7-8-15)14(13)19-11-5-9-18-10-6-11/h2-4,11,16H,5-10H2,1H3. The van der Waals surface area contributed by atoms with E-state index in [1.807, 2.05) is 18.2 Å². The van der Waals surface area contributed by atoms with Crippen LogP contribution in [0.4, 0.5) is 0 Å². The Morgan fingerprint density at radius 2 is 2.00 bits per heavy atom. The van der Waals surface area contributed by atoms with Gasteiger partial charge in [0.25, 0.3) is 0 Å². The van der Waals surface area contributed by atoms with E-state index in [-0.39, 0.29) is 6.10 Å². The summed E-state index contributed by atoms with van der Waals surface area (Å²) in [4.78, 5) is 0. The summed E-state index contributed by atoms with van der Waals surface area (Å²) >= 11 is 0. The van der Waals surface area contributed by atoms with Gasteiger partial charge < -0.3 is 19.3 Å². The van der Waals surface area contributed by atoms with Crippen molar-refractivity contribution in [3.63, 3.8) is 0 Å². The van der Waals surface area contributed by atoms with Crippen molar-refractivity contribution in [2.75, 3.05) is 20.3 Å². The summed E-state index contributed by atoms with van der Waals surface area (Å²) in [5.41, 5.74) is 0.146. The first-order valence-corrected chi connectivity index (χ1v) is 6.87. The van der Waals surface area contributed by atoms with E-state index in [4.69, 9.17) is 14.2 Å². The molecule has 0 radical (unpaired) electrons. The first-order chi connectivity index (χ1) is 9.23. The molecule has 1 aliphatic carbocycles. The van der Waals surface area contributed by atoms with Crippen LogP contribution in [0.5, 0.6) is 11.5 Å². The first kappa shape index (κ1) is 12.8. The summed E-state index contributed by atoms with van der Waals surface area (Å²) < 4.78 is 16.8. The zero-order chi connectivity index (χ0) is 13.3. The summed E-state index contributed by atoms with van der Waals surface area (Å²) in [6, 6.07) is 5.72. The molecule has 0 bridgehead atoms. The summed E-state index contributed by atoms with van der Waals surface area (Å²) in [6.45, 7) is 1.47. The minimum atomic E-state index is -0.713. The van der Waals surface area contributed by atoms with Crippen LogP contribution >= 0.6 is 0 Å². The normalized spacial score (nSPS) is 22.0. The van der Waals surface area contributed by atoms with Gasteiger partial charge in [-0.15, -0.1) is 0 Å². The third-order valence-corrected chi connectivity index (χ3v) is 3.88. The second-order valence-electron chi connectivity index (χ2n) is 5.30. The van der Waals surface area contributed by atoms with Crippen LogP contribution in [0, 0.1) is 0 Å². The van der Waals surface area contributed by atoms with Gasteiger partial charge in [0.15, 0.2) is 11.5 Å². The highest BCUT2D eigenvalue weighted by molar-refractivity contribution is 5.51. The molecule has 19 heavy (non-hydrogen) atoms. The maximum absolute atomic E-state index is 10.4. The molecule has 0 aromatic heterocycles. The predicted molar refractivity (Wildman–Crippen MR) is 70.6 cm³/mol. The van der Waals surface area contributed by atoms with Crippen LogP contribution < -0.4 is 9.47 Å². The zero-order valence-electron chi connectivity index (χ0n) is 11.2. The first-order valence-electron chi connectivity index (χ1n) is 6.87. The summed E-state index contributed by atoms with van der Waals surface area (Å²) in [5.74, 6) is 1.40. The lowest BCUT2D eigenvalue weighted by Crippen LogP contribution is -2.27. The van der Waals surface area contributed by atoms with Crippen LogP contribution in [0.2, 0.25) is 0 Å². The van der Waals surface area contributed by atoms with Crippen LogP contribution in [0.1, 0.15) is 31.2 Å². The lowest BCUT2D eigenvalue weighted by Gasteiger charge is -2.26. The van der Waals surface area contributed by atoms with Gasteiger partial charge in [-0.2, -0.15) is 0 Å². The van der Waals surface area contributed by atoms with Crippen molar-refractivity contribution in [2.45, 2.75) is 37.4 Å². The van der Waals surface area contributed by atoms with Crippen molar-refractivity contribution in [1.82, 2.24) is 0 Å². The molecule has 1 aromatic carbocycles. The maximum atomic E-state index is 10.4. The van der Waals surface area contributed by atoms with Crippen molar-refractivity contribution >= 4 is 0 Å². The number of ether oxygens (including phenoxy) is 3. The number of aliphatic hydroxyl groups is 1. The minimum Gasteiger partial charge on any atom is -0.493 e. The lowest BCUT2D eigenvalue weighted by molar-refractivity contribution is 0.0225. The fraction of sp³-hybridized carbons (Fsp3) is 0.600. The Hall–Kier alpha value is -1.26. The van der Waals surface area contributed by atoms with E-state index in [0.29, 0.717) is 11.5 Å². The predicted octanol–water partition coefficient (Wildman–Crippen LogP) is 2.23. The summed E-state index contributed by atoms with van der Waals surface area (Å²) in [7, 11) is 1.63. The molecule has 4 heteroatoms. The third-order valence-electron chi connectivity index (χ3n) is 3.88. The van der Waals surface area contributed by atoms with Crippen LogP contribution in [0.25, 0.3) is 0 Å². The van der Waals surface area contributed by atoms with E-state index in [0.717, 1.165) is 44.5 Å². The average molecular weight is 264 g/mol. The Balaban J connectivity index is 1.88. The Morgan fingerprint density at radius 3 is 2.63 bits per heavy atom. The number of para-hydroxylation sites is 1. The molecular weight excluding hydrogens is 244 g/mol. The van der Waals surface area contributed by atoms with Crippen molar-refractivity contribution in [3.8, 4) is 11.5 Å². The molecule has 1 aliphatic heterocycles. The number of methoxy groups -OCH3 is 1. The highest BCUT2D eigenvalue weighted by Gasteiger charge is 2.45. The quantitative estimate of drug-likeness (QED) is 0.906. The van der Waals surface area contributed by atoms with Gasteiger partial charge in [0.1, 0.15) is 6.10 Å². The number of hydrogen-bond acceptors (Lipinski definition) is 4. The van der Waals surface area contributed by atoms with Crippen molar-refractivity contribution in [2.24, 2.45) is 0 Å². The zero-order valence-corrected chi connectivity index (χ0v) is 11.2. The van der Waals surface area contributed by atoms with Gasteiger partial charge in [0.2, 0.25) is 0 Å². The monoisotopic (exact) mass is 264 g/mol. The summed E-state index contributed by atoms with van der Waals surface area (Å²) in [5, 5.41) is 10.4. The Bertz CT molecular complexity index is 447. The van der Waals surface area contributed by atoms with Crippen molar-refractivity contribution in [1.29, 1.82) is 0 Å². The number of rotatable bonds is 4. The van der Waals surface area contributed by atoms with Crippen molar-refractivity contribution in [3.05, 3.63) is 23.8 Å². The Kier molecular flexibility index (Phi) is 3.37. The number of benzene rings is 1. The van der Waals surface area contributed by atoms with Crippen LogP contribution in [-0.4, -0.2) is 31.5 Å². The molecule has 0 atom stereocenters. The highest BCUT2D eigenvalue weighted by Crippen LogP contribution is 2.51. The van der Waals surface area contributed by atoms with Gasteiger partial charge in [0.05, 0.1) is 25.9 Å². The number of hydrogen-bond donors (Lipinski definition) is 1. The van der Waals surface area contributed by atoms with E-state index in [9.17, 15) is 5.11 Å². The van der Waals surface area contributed by atoms with E-state index in [2.05, 4.69) is 0 Å². The van der Waals surface area contributed by atoms with Gasteiger partial charge in [-0.05, 0) is 18.9 Å². The average Bonchev–Trinajstić information content (AvgIpc) is 3.19. The SMILES string of the molecule is COc1cccc(C2(O)CC2)c1OC1CCOCC1. The lowest BCUT2D eigenvalue weighted by atomic mass is 10.1. The molecule has 0 amide bonds. The molecular formula is C15H20O4. The third kappa shape index (κ3) is 2.55. The molecule has 4 nitrogen and oxygen atoms in total. The molecule has 1 saturated carbocycles. The summed E-state index contributed by atoms with van der Waals surface area (Å²) in [6.07, 6.45) is 3.51. The molecule has 1 aromatic rings. The maximum Gasteiger partial charge on any atom is 0.167 e. The molecule has 0 spiro atoms. The second-order valence-corrected chi connectivity index (χ2v) is 5.30. The Labute approximate surface area is 113 Å². The van der Waals surface area contributed by atoms with Gasteiger partial charge in [-0.3, -0.25) is 0 Å². The smallest absolute Gasteiger partial charge is 0.167 e. The van der Waals surface area contributed by atoms with Gasteiger partial charge >= 0.3 is 0 Å². The fourth-order valence-corrected chi connectivity index (χ4v) is 2.51. The van der Waals surface area contributed by atoms with Gasteiger partial charge in [-0.1, -0.05) is 12.1 Å². The molecule has 1 heterocycles. The van der Waals surface area contributed by atoms with E-state index in [1.165, 1.54) is 0 Å². The fourth-order valence-electron chi connectivity index (χ4n) is 2.51. The molecule has 1 saturated heterocycles. The molecule has 3 rings (SSSR count). The van der Waals surface area contributed by atoms with Crippen LogP contribution in [0.3, 0.4) is 0 Å². The highest BCUT2D eigenvalue weighted by atomic mass is 16.5. The molecule has 1 N–H and O–H groups in total. The van der Waals surface area contributed by atoms with E-state index >= 15 is 0 Å². The van der Waals surface area contributed by atoms with Crippen LogP contribution in [-0.2, 0) is 10.3 Å². The minimum absolute atomic E-state index is 0.145. The molecule has 0 unspecified atom stereocenters. The largest absolute Gasteiger partial charge is 0.493 e. The second kappa shape index (κ2) is 5.02. The van der Waals surface area contributed by atoms with E-state index in [1.54, 1.807) is 7.11 Å². The molecule has 2 fully saturated rings. The van der Waals surface area contributed by atoms with Crippen LogP contribution in [0.15, 0.2) is 18.2 Å². The molecule has 2 aliphatic rings. The van der Waals surface area contributed by atoms with Crippen molar-refractivity contribution < 1.29 is 19.3 Å². The topological polar surface area (TPSA) is 47.9 Å². The van der Waals surface area contributed by atoms with Gasteiger partial charge in [0, 0.05) is 18.4 Å². The van der Waals surface area contributed by atoms with Gasteiger partial charge in [-0.25, -0.2) is 0 Å². The Morgan fingerprint density at radius 1 is 1.26 bits per heavy atom.